The van der Waals surface area contributed by atoms with Crippen LogP contribution in [0.1, 0.15) is 11.8 Å². The molecule has 11 heteroatoms. The van der Waals surface area contributed by atoms with Crippen molar-refractivity contribution >= 4 is 28.7 Å². The fourth-order valence-electron chi connectivity index (χ4n) is 3.19. The van der Waals surface area contributed by atoms with Gasteiger partial charge in [0.2, 0.25) is 11.9 Å². The van der Waals surface area contributed by atoms with Crippen molar-refractivity contribution in [2.75, 3.05) is 17.7 Å². The van der Waals surface area contributed by atoms with Gasteiger partial charge in [-0.05, 0) is 19.1 Å². The van der Waals surface area contributed by atoms with E-state index >= 15 is 0 Å². The number of aliphatic hydroxyl groups excluding tert-OH is 3. The predicted molar refractivity (Wildman–Crippen MR) is 100 cm³/mol. The maximum absolute atomic E-state index is 12.3. The molecular formula is C17H20N6O5. The second-order valence-corrected chi connectivity index (χ2v) is 6.65. The van der Waals surface area contributed by atoms with Gasteiger partial charge >= 0.3 is 0 Å². The molecule has 0 aliphatic carbocycles. The van der Waals surface area contributed by atoms with E-state index < -0.39 is 36.7 Å². The van der Waals surface area contributed by atoms with Gasteiger partial charge in [-0.25, -0.2) is 4.98 Å². The van der Waals surface area contributed by atoms with Crippen LogP contribution < -0.4 is 16.6 Å². The van der Waals surface area contributed by atoms with Gasteiger partial charge in [0.1, 0.15) is 18.3 Å². The maximum atomic E-state index is 12.3. The molecule has 0 spiro atoms. The van der Waals surface area contributed by atoms with Gasteiger partial charge in [-0.3, -0.25) is 14.3 Å². The molecule has 1 saturated heterocycles. The number of nitrogen functional groups attached to an aromatic ring is 1. The molecule has 0 radical (unpaired) electrons. The van der Waals surface area contributed by atoms with E-state index in [0.29, 0.717) is 5.69 Å². The van der Waals surface area contributed by atoms with E-state index in [-0.39, 0.29) is 23.1 Å². The molecule has 148 valence electrons. The van der Waals surface area contributed by atoms with Crippen molar-refractivity contribution in [2.45, 2.75) is 31.5 Å². The van der Waals surface area contributed by atoms with Crippen molar-refractivity contribution in [2.24, 2.45) is 0 Å². The van der Waals surface area contributed by atoms with Crippen molar-refractivity contribution in [3.63, 3.8) is 0 Å². The van der Waals surface area contributed by atoms with Crippen LogP contribution in [0.15, 0.2) is 29.1 Å². The first kappa shape index (κ1) is 18.4. The normalized spacial score (nSPS) is 24.7. The number of anilines is 3. The number of aryl methyl sites for hydroxylation is 1. The smallest absolute Gasteiger partial charge is 0.280 e. The van der Waals surface area contributed by atoms with Crippen LogP contribution in [-0.2, 0) is 4.74 Å². The van der Waals surface area contributed by atoms with Crippen LogP contribution in [0.2, 0.25) is 0 Å². The van der Waals surface area contributed by atoms with E-state index in [0.717, 1.165) is 5.56 Å². The lowest BCUT2D eigenvalue weighted by atomic mass is 10.1. The van der Waals surface area contributed by atoms with Crippen LogP contribution in [0.25, 0.3) is 11.2 Å². The zero-order valence-corrected chi connectivity index (χ0v) is 14.9. The van der Waals surface area contributed by atoms with Gasteiger partial charge in [0.25, 0.3) is 5.56 Å². The van der Waals surface area contributed by atoms with Crippen LogP contribution in [0.4, 0.5) is 17.6 Å². The van der Waals surface area contributed by atoms with Crippen molar-refractivity contribution in [3.05, 3.63) is 40.2 Å². The summed E-state index contributed by atoms with van der Waals surface area (Å²) in [7, 11) is 0. The molecule has 11 nitrogen and oxygen atoms in total. The Morgan fingerprint density at radius 3 is 2.61 bits per heavy atom. The Kier molecular flexibility index (Phi) is 4.51. The number of nitrogens with zero attached hydrogens (tertiary/aromatic N) is 3. The lowest BCUT2D eigenvalue weighted by molar-refractivity contribution is -0.0501. The standard InChI is InChI=1S/C17H20N6O5/c1-7-2-4-8(5-3-7)19-17-20-10-13(21-16(18)22-14(10)27)23(17)15-12(26)11(25)9(6-24)28-15/h2-5,9,11-12,15,24-26H,6H2,1H3,(H,19,20)(H3,18,21,22,27)/t9-,11-,12-,15-/m1/s1. The molecule has 0 amide bonds. The zero-order chi connectivity index (χ0) is 20.0. The fourth-order valence-corrected chi connectivity index (χ4v) is 3.19. The number of aromatic nitrogens is 4. The fraction of sp³-hybridized carbons (Fsp3) is 0.353. The summed E-state index contributed by atoms with van der Waals surface area (Å²) in [6.45, 7) is 1.46. The van der Waals surface area contributed by atoms with E-state index in [1.165, 1.54) is 4.57 Å². The average molecular weight is 388 g/mol. The molecule has 3 heterocycles. The van der Waals surface area contributed by atoms with E-state index in [9.17, 15) is 20.1 Å². The van der Waals surface area contributed by atoms with Gasteiger partial charge in [-0.2, -0.15) is 4.98 Å². The summed E-state index contributed by atoms with van der Waals surface area (Å²) in [6, 6.07) is 7.43. The van der Waals surface area contributed by atoms with Crippen molar-refractivity contribution in [1.29, 1.82) is 0 Å². The molecule has 4 atom stereocenters. The first-order chi connectivity index (χ1) is 13.4. The summed E-state index contributed by atoms with van der Waals surface area (Å²) >= 11 is 0. The molecule has 28 heavy (non-hydrogen) atoms. The Bertz CT molecular complexity index is 1060. The number of rotatable bonds is 4. The average Bonchev–Trinajstić information content (AvgIpc) is 3.15. The summed E-state index contributed by atoms with van der Waals surface area (Å²) < 4.78 is 6.96. The minimum Gasteiger partial charge on any atom is -0.394 e. The minimum atomic E-state index is -1.38. The summed E-state index contributed by atoms with van der Waals surface area (Å²) in [5.74, 6) is 0.0320. The lowest BCUT2D eigenvalue weighted by Crippen LogP contribution is -2.33. The highest BCUT2D eigenvalue weighted by molar-refractivity contribution is 5.76. The largest absolute Gasteiger partial charge is 0.394 e. The van der Waals surface area contributed by atoms with Gasteiger partial charge in [-0.15, -0.1) is 0 Å². The summed E-state index contributed by atoms with van der Waals surface area (Å²) in [5.41, 5.74) is 6.91. The number of hydrogen-bond acceptors (Lipinski definition) is 9. The van der Waals surface area contributed by atoms with E-state index in [1.807, 2.05) is 31.2 Å². The molecule has 1 fully saturated rings. The Balaban J connectivity index is 1.87. The van der Waals surface area contributed by atoms with Gasteiger partial charge in [0.05, 0.1) is 6.61 Å². The molecular weight excluding hydrogens is 368 g/mol. The first-order valence-electron chi connectivity index (χ1n) is 8.63. The topological polar surface area (TPSA) is 172 Å². The third kappa shape index (κ3) is 2.99. The van der Waals surface area contributed by atoms with Crippen LogP contribution in [0.5, 0.6) is 0 Å². The number of imidazole rings is 1. The monoisotopic (exact) mass is 388 g/mol. The highest BCUT2D eigenvalue weighted by Gasteiger charge is 2.45. The van der Waals surface area contributed by atoms with Crippen molar-refractivity contribution in [3.8, 4) is 0 Å². The third-order valence-corrected chi connectivity index (χ3v) is 4.65. The number of benzene rings is 1. The SMILES string of the molecule is Cc1ccc(Nc2nc3c(=O)[nH]c(N)nc3n2[C@@H]2O[C@H](CO)[C@@H](O)[C@H]2O)cc1. The van der Waals surface area contributed by atoms with Crippen LogP contribution in [-0.4, -0.2) is 59.8 Å². The van der Waals surface area contributed by atoms with Crippen LogP contribution in [0, 0.1) is 6.92 Å². The molecule has 7 N–H and O–H groups in total. The molecule has 0 unspecified atom stereocenters. The molecule has 3 aromatic rings. The van der Waals surface area contributed by atoms with E-state index in [2.05, 4.69) is 20.3 Å². The number of H-pyrrole nitrogens is 1. The number of aliphatic hydroxyl groups is 3. The van der Waals surface area contributed by atoms with Gasteiger partial charge in [0, 0.05) is 5.69 Å². The number of nitrogens with two attached hydrogens (primary N) is 1. The molecule has 0 saturated carbocycles. The zero-order valence-electron chi connectivity index (χ0n) is 14.9. The van der Waals surface area contributed by atoms with Gasteiger partial charge in [0.15, 0.2) is 17.4 Å². The van der Waals surface area contributed by atoms with Gasteiger partial charge < -0.3 is 31.1 Å². The summed E-state index contributed by atoms with van der Waals surface area (Å²) in [6.07, 6.45) is -4.84. The number of nitrogens with one attached hydrogen (secondary N) is 2. The third-order valence-electron chi connectivity index (χ3n) is 4.65. The number of hydrogen-bond donors (Lipinski definition) is 6. The Hall–Kier alpha value is -2.99. The second-order valence-electron chi connectivity index (χ2n) is 6.65. The highest BCUT2D eigenvalue weighted by Crippen LogP contribution is 2.34. The quantitative estimate of drug-likeness (QED) is 0.340. The molecule has 1 aliphatic rings. The molecule has 0 bridgehead atoms. The van der Waals surface area contributed by atoms with Crippen LogP contribution >= 0.6 is 0 Å². The Morgan fingerprint density at radius 1 is 1.25 bits per heavy atom. The molecule has 1 aliphatic heterocycles. The molecule has 4 rings (SSSR count). The maximum Gasteiger partial charge on any atom is 0.280 e. The molecule has 2 aromatic heterocycles. The van der Waals surface area contributed by atoms with E-state index in [1.54, 1.807) is 0 Å². The van der Waals surface area contributed by atoms with Crippen molar-refractivity contribution in [1.82, 2.24) is 19.5 Å². The first-order valence-corrected chi connectivity index (χ1v) is 8.63. The van der Waals surface area contributed by atoms with Crippen LogP contribution in [0.3, 0.4) is 0 Å². The Labute approximate surface area is 158 Å². The minimum absolute atomic E-state index is 0.0125. The summed E-state index contributed by atoms with van der Waals surface area (Å²) in [4.78, 5) is 23.0. The predicted octanol–water partition coefficient (Wildman–Crippen LogP) is -0.635. The molecule has 1 aromatic carbocycles. The van der Waals surface area contributed by atoms with Gasteiger partial charge in [-0.1, -0.05) is 17.7 Å². The second kappa shape index (κ2) is 6.87. The Morgan fingerprint density at radius 2 is 1.96 bits per heavy atom. The van der Waals surface area contributed by atoms with E-state index in [4.69, 9.17) is 10.5 Å². The number of fused-ring (bicyclic) bond motifs is 1. The highest BCUT2D eigenvalue weighted by atomic mass is 16.6. The summed E-state index contributed by atoms with van der Waals surface area (Å²) in [5, 5.41) is 33.0. The number of ether oxygens (including phenoxy) is 1. The van der Waals surface area contributed by atoms with Crippen molar-refractivity contribution < 1.29 is 20.1 Å². The lowest BCUT2D eigenvalue weighted by Gasteiger charge is -2.19. The number of aromatic amines is 1.